The molecule has 0 saturated heterocycles. The summed E-state index contributed by atoms with van der Waals surface area (Å²) in [7, 11) is 0. The second-order valence-corrected chi connectivity index (χ2v) is 2.85. The largest absolute Gasteiger partial charge is 0.414 e. The number of hydrogen-bond acceptors (Lipinski definition) is 3. The number of nitrogen functional groups attached to an aromatic ring is 1. The van der Waals surface area contributed by atoms with Crippen molar-refractivity contribution < 1.29 is 18.3 Å². The summed E-state index contributed by atoms with van der Waals surface area (Å²) in [5.41, 5.74) is 5.58. The van der Waals surface area contributed by atoms with Crippen molar-refractivity contribution in [1.29, 1.82) is 0 Å². The van der Waals surface area contributed by atoms with Gasteiger partial charge in [-0.15, -0.1) is 0 Å². The fourth-order valence-electron chi connectivity index (χ4n) is 0.960. The maximum Gasteiger partial charge on any atom is 0.414 e. The lowest BCUT2D eigenvalue weighted by Crippen LogP contribution is -2.30. The normalized spacial score (nSPS) is 14.0. The van der Waals surface area contributed by atoms with Crippen LogP contribution in [0.4, 0.5) is 19.0 Å². The minimum atomic E-state index is -4.60. The molecule has 1 atom stereocenters. The average Bonchev–Trinajstić information content (AvgIpc) is 2.02. The number of aromatic nitrogens is 1. The molecular weight excluding hydrogens is 197 g/mol. The van der Waals surface area contributed by atoms with Gasteiger partial charge in [0.15, 0.2) is 6.10 Å². The summed E-state index contributed by atoms with van der Waals surface area (Å²) >= 11 is 0. The zero-order valence-corrected chi connectivity index (χ0v) is 7.12. The van der Waals surface area contributed by atoms with Crippen LogP contribution in [0.5, 0.6) is 0 Å². The number of pyridine rings is 1. The van der Waals surface area contributed by atoms with E-state index in [0.29, 0.717) is 5.56 Å². The standard InChI is InChI=1S/C8H9F3N2O/c9-8(10,11)6(14)3-5-1-2-13-7(12)4-5/h1-2,4,6,14H,3H2,(H2,12,13). The van der Waals surface area contributed by atoms with E-state index >= 15 is 0 Å². The second-order valence-electron chi connectivity index (χ2n) is 2.85. The van der Waals surface area contributed by atoms with Crippen LogP contribution < -0.4 is 5.73 Å². The van der Waals surface area contributed by atoms with E-state index in [1.54, 1.807) is 0 Å². The highest BCUT2D eigenvalue weighted by molar-refractivity contribution is 5.32. The van der Waals surface area contributed by atoms with Crippen LogP contribution in [-0.4, -0.2) is 22.4 Å². The van der Waals surface area contributed by atoms with Crippen molar-refractivity contribution in [3.05, 3.63) is 23.9 Å². The Hall–Kier alpha value is -1.30. The Kier molecular flexibility index (Phi) is 2.95. The highest BCUT2D eigenvalue weighted by Gasteiger charge is 2.37. The van der Waals surface area contributed by atoms with Crippen molar-refractivity contribution in [2.75, 3.05) is 5.73 Å². The molecule has 14 heavy (non-hydrogen) atoms. The summed E-state index contributed by atoms with van der Waals surface area (Å²) < 4.78 is 35.8. The van der Waals surface area contributed by atoms with Crippen LogP contribution >= 0.6 is 0 Å². The van der Waals surface area contributed by atoms with Crippen molar-refractivity contribution >= 4 is 5.82 Å². The van der Waals surface area contributed by atoms with Crippen LogP contribution in [0.25, 0.3) is 0 Å². The highest BCUT2D eigenvalue weighted by Crippen LogP contribution is 2.23. The number of hydrogen-bond donors (Lipinski definition) is 2. The van der Waals surface area contributed by atoms with Gasteiger partial charge in [0.2, 0.25) is 0 Å². The third kappa shape index (κ3) is 2.88. The highest BCUT2D eigenvalue weighted by atomic mass is 19.4. The van der Waals surface area contributed by atoms with Crippen molar-refractivity contribution in [2.24, 2.45) is 0 Å². The first kappa shape index (κ1) is 10.8. The van der Waals surface area contributed by atoms with Crippen LogP contribution in [0.15, 0.2) is 18.3 Å². The Morgan fingerprint density at radius 2 is 2.14 bits per heavy atom. The van der Waals surface area contributed by atoms with Crippen molar-refractivity contribution in [3.8, 4) is 0 Å². The predicted molar refractivity (Wildman–Crippen MR) is 44.4 cm³/mol. The summed E-state index contributed by atoms with van der Waals surface area (Å²) in [6.07, 6.45) is -6.16. The Morgan fingerprint density at radius 3 is 2.64 bits per heavy atom. The Bertz CT molecular complexity index is 314. The summed E-state index contributed by atoms with van der Waals surface area (Å²) in [5.74, 6) is 0.136. The van der Waals surface area contributed by atoms with E-state index in [-0.39, 0.29) is 5.82 Å². The van der Waals surface area contributed by atoms with E-state index in [4.69, 9.17) is 10.8 Å². The van der Waals surface area contributed by atoms with Crippen molar-refractivity contribution in [2.45, 2.75) is 18.7 Å². The second kappa shape index (κ2) is 3.83. The lowest BCUT2D eigenvalue weighted by molar-refractivity contribution is -0.203. The Morgan fingerprint density at radius 1 is 1.50 bits per heavy atom. The lowest BCUT2D eigenvalue weighted by Gasteiger charge is -2.14. The average molecular weight is 206 g/mol. The van der Waals surface area contributed by atoms with Gasteiger partial charge in [0.1, 0.15) is 5.82 Å². The molecule has 0 aliphatic rings. The first-order chi connectivity index (χ1) is 6.39. The van der Waals surface area contributed by atoms with Gasteiger partial charge in [-0.25, -0.2) is 4.98 Å². The molecule has 0 aliphatic carbocycles. The van der Waals surface area contributed by atoms with Gasteiger partial charge in [-0.05, 0) is 17.7 Å². The molecule has 6 heteroatoms. The van der Waals surface area contributed by atoms with E-state index in [1.165, 1.54) is 18.3 Å². The molecule has 0 aliphatic heterocycles. The molecule has 1 rings (SSSR count). The van der Waals surface area contributed by atoms with Gasteiger partial charge >= 0.3 is 6.18 Å². The molecule has 0 saturated carbocycles. The van der Waals surface area contributed by atoms with E-state index in [0.717, 1.165) is 0 Å². The fraction of sp³-hybridized carbons (Fsp3) is 0.375. The molecule has 1 aromatic rings. The van der Waals surface area contributed by atoms with E-state index < -0.39 is 18.7 Å². The lowest BCUT2D eigenvalue weighted by atomic mass is 10.1. The van der Waals surface area contributed by atoms with Crippen LogP contribution in [0, 0.1) is 0 Å². The van der Waals surface area contributed by atoms with Crippen LogP contribution in [-0.2, 0) is 6.42 Å². The first-order valence-corrected chi connectivity index (χ1v) is 3.85. The predicted octanol–water partition coefficient (Wildman–Crippen LogP) is 1.13. The smallest absolute Gasteiger partial charge is 0.384 e. The molecule has 78 valence electrons. The van der Waals surface area contributed by atoms with E-state index in [9.17, 15) is 13.2 Å². The third-order valence-corrected chi connectivity index (χ3v) is 1.65. The number of anilines is 1. The topological polar surface area (TPSA) is 59.1 Å². The van der Waals surface area contributed by atoms with Crippen molar-refractivity contribution in [3.63, 3.8) is 0 Å². The minimum absolute atomic E-state index is 0.136. The third-order valence-electron chi connectivity index (χ3n) is 1.65. The van der Waals surface area contributed by atoms with E-state index in [2.05, 4.69) is 4.98 Å². The Balaban J connectivity index is 2.70. The van der Waals surface area contributed by atoms with Gasteiger partial charge in [-0.3, -0.25) is 0 Å². The molecule has 3 N–H and O–H groups in total. The fourth-order valence-corrected chi connectivity index (χ4v) is 0.960. The number of aliphatic hydroxyl groups is 1. The van der Waals surface area contributed by atoms with Crippen LogP contribution in [0.2, 0.25) is 0 Å². The minimum Gasteiger partial charge on any atom is -0.384 e. The molecule has 1 unspecified atom stereocenters. The molecule has 1 aromatic heterocycles. The van der Waals surface area contributed by atoms with Crippen molar-refractivity contribution in [1.82, 2.24) is 4.98 Å². The maximum atomic E-state index is 11.9. The van der Waals surface area contributed by atoms with Crippen LogP contribution in [0.3, 0.4) is 0 Å². The molecule has 1 heterocycles. The van der Waals surface area contributed by atoms with Gasteiger partial charge in [0, 0.05) is 12.6 Å². The quantitative estimate of drug-likeness (QED) is 0.762. The number of nitrogens with zero attached hydrogens (tertiary/aromatic N) is 1. The molecular formula is C8H9F3N2O. The SMILES string of the molecule is Nc1cc(CC(O)C(F)(F)F)ccn1. The summed E-state index contributed by atoms with van der Waals surface area (Å²) in [5, 5.41) is 8.74. The van der Waals surface area contributed by atoms with Gasteiger partial charge in [-0.1, -0.05) is 0 Å². The molecule has 0 fully saturated rings. The molecule has 0 aromatic carbocycles. The molecule has 0 bridgehead atoms. The van der Waals surface area contributed by atoms with Crippen LogP contribution in [0.1, 0.15) is 5.56 Å². The number of halogens is 3. The molecule has 0 radical (unpaired) electrons. The van der Waals surface area contributed by atoms with Gasteiger partial charge in [0.25, 0.3) is 0 Å². The van der Waals surface area contributed by atoms with Gasteiger partial charge in [0.05, 0.1) is 0 Å². The monoisotopic (exact) mass is 206 g/mol. The van der Waals surface area contributed by atoms with E-state index in [1.807, 2.05) is 0 Å². The zero-order valence-electron chi connectivity index (χ0n) is 7.12. The zero-order chi connectivity index (χ0) is 10.8. The van der Waals surface area contributed by atoms with Gasteiger partial charge in [-0.2, -0.15) is 13.2 Å². The first-order valence-electron chi connectivity index (χ1n) is 3.85. The summed E-state index contributed by atoms with van der Waals surface area (Å²) in [6, 6.07) is 2.68. The summed E-state index contributed by atoms with van der Waals surface area (Å²) in [6.45, 7) is 0. The van der Waals surface area contributed by atoms with Gasteiger partial charge < -0.3 is 10.8 Å². The molecule has 3 nitrogen and oxygen atoms in total. The Labute approximate surface area is 78.4 Å². The number of nitrogens with two attached hydrogens (primary N) is 1. The number of aliphatic hydroxyl groups excluding tert-OH is 1. The molecule has 0 amide bonds. The summed E-state index contributed by atoms with van der Waals surface area (Å²) in [4.78, 5) is 3.62. The number of alkyl halides is 3. The maximum absolute atomic E-state index is 11.9. The molecule has 0 spiro atoms. The number of rotatable bonds is 2.